The number of nitrogens with two attached hydrogens (primary N) is 1. The molecular formula is C48H78F4N4O2. The highest BCUT2D eigenvalue weighted by Crippen LogP contribution is 2.42. The summed E-state index contributed by atoms with van der Waals surface area (Å²) < 4.78 is 66.4. The number of hydrogen-bond acceptors (Lipinski definition) is 6. The van der Waals surface area contributed by atoms with Crippen molar-refractivity contribution in [2.75, 3.05) is 19.4 Å². The van der Waals surface area contributed by atoms with Crippen LogP contribution >= 0.6 is 0 Å². The van der Waals surface area contributed by atoms with Crippen LogP contribution in [0.1, 0.15) is 164 Å². The van der Waals surface area contributed by atoms with Gasteiger partial charge >= 0.3 is 6.18 Å². The van der Waals surface area contributed by atoms with E-state index in [1.54, 1.807) is 6.92 Å². The molecule has 0 saturated carbocycles. The average molecular weight is 819 g/mol. The number of aliphatic hydroxyl groups excluding tert-OH is 1. The molecule has 1 heterocycles. The Hall–Kier alpha value is -3.40. The van der Waals surface area contributed by atoms with Crippen molar-refractivity contribution >= 4 is 17.1 Å². The zero-order valence-electron chi connectivity index (χ0n) is 38.3. The van der Waals surface area contributed by atoms with Gasteiger partial charge in [0.05, 0.1) is 29.7 Å². The fourth-order valence-corrected chi connectivity index (χ4v) is 7.32. The van der Waals surface area contributed by atoms with Crippen molar-refractivity contribution < 1.29 is 27.4 Å². The molecule has 0 bridgehead atoms. The molecule has 1 aliphatic carbocycles. The van der Waals surface area contributed by atoms with Crippen molar-refractivity contribution in [2.45, 2.75) is 172 Å². The predicted octanol–water partition coefficient (Wildman–Crippen LogP) is 14.0. The minimum Gasteiger partial charge on any atom is -0.477 e. The van der Waals surface area contributed by atoms with Gasteiger partial charge in [-0.25, -0.2) is 14.4 Å². The van der Waals surface area contributed by atoms with E-state index in [9.17, 15) is 13.2 Å². The smallest absolute Gasteiger partial charge is 0.418 e. The van der Waals surface area contributed by atoms with Gasteiger partial charge in [0.25, 0.3) is 0 Å². The summed E-state index contributed by atoms with van der Waals surface area (Å²) in [5.41, 5.74) is 5.46. The van der Waals surface area contributed by atoms with E-state index in [0.29, 0.717) is 47.9 Å². The Bertz CT molecular complexity index is 1590. The summed E-state index contributed by atoms with van der Waals surface area (Å²) in [4.78, 5) is 11.2. The number of aromatic nitrogens is 1. The molecule has 58 heavy (non-hydrogen) atoms. The molecule has 5 atom stereocenters. The van der Waals surface area contributed by atoms with Crippen molar-refractivity contribution in [1.82, 2.24) is 9.88 Å². The topological polar surface area (TPSA) is 84.0 Å². The number of anilines is 1. The predicted molar refractivity (Wildman–Crippen MR) is 238 cm³/mol. The van der Waals surface area contributed by atoms with E-state index in [-0.39, 0.29) is 34.5 Å². The van der Waals surface area contributed by atoms with E-state index in [4.69, 9.17) is 20.6 Å². The van der Waals surface area contributed by atoms with E-state index >= 15 is 4.39 Å². The van der Waals surface area contributed by atoms with Crippen molar-refractivity contribution in [1.29, 1.82) is 0 Å². The highest BCUT2D eigenvalue weighted by molar-refractivity contribution is 6.18. The van der Waals surface area contributed by atoms with Crippen molar-refractivity contribution in [3.8, 4) is 0 Å². The second kappa shape index (κ2) is 25.3. The molecule has 0 amide bonds. The van der Waals surface area contributed by atoms with Crippen molar-refractivity contribution in [2.24, 2.45) is 28.2 Å². The molecular weight excluding hydrogens is 741 g/mol. The number of nitrogen functional groups attached to an aromatic ring is 1. The maximum atomic E-state index is 16.4. The van der Waals surface area contributed by atoms with Gasteiger partial charge in [-0.2, -0.15) is 13.2 Å². The van der Waals surface area contributed by atoms with Crippen LogP contribution in [0.3, 0.4) is 0 Å². The molecule has 10 heteroatoms. The summed E-state index contributed by atoms with van der Waals surface area (Å²) in [6.45, 7) is 28.4. The molecule has 0 radical (unpaired) electrons. The summed E-state index contributed by atoms with van der Waals surface area (Å²) >= 11 is 0. The molecule has 6 nitrogen and oxygen atoms in total. The van der Waals surface area contributed by atoms with Crippen LogP contribution in [-0.2, 0) is 10.9 Å². The molecule has 0 aliphatic heterocycles. The quantitative estimate of drug-likeness (QED) is 0.0527. The van der Waals surface area contributed by atoms with Gasteiger partial charge in [0.2, 0.25) is 5.88 Å². The molecule has 0 fully saturated rings. The lowest BCUT2D eigenvalue weighted by Crippen LogP contribution is -2.36. The SMILES string of the molecule is C=CC(C)O.CC/C=C(/N=C1/C=C(c2nc(N)cc(C)c2C(F)(F)F)C(F)=C/C1=C(/C)N(C)C(CCC(C)CC)C(C)C)OCC(C)(CCCCCC)CC(C)CC. The zero-order chi connectivity index (χ0) is 44.4. The van der Waals surface area contributed by atoms with Gasteiger partial charge in [-0.1, -0.05) is 107 Å². The lowest BCUT2D eigenvalue weighted by molar-refractivity contribution is -0.138. The third-order valence-corrected chi connectivity index (χ3v) is 11.4. The Morgan fingerprint density at radius 1 is 1.02 bits per heavy atom. The summed E-state index contributed by atoms with van der Waals surface area (Å²) in [6, 6.07) is 1.32. The molecule has 0 spiro atoms. The van der Waals surface area contributed by atoms with Gasteiger partial charge in [-0.15, -0.1) is 6.58 Å². The van der Waals surface area contributed by atoms with Crippen LogP contribution in [0.25, 0.3) is 5.57 Å². The standard InChI is InChI=1S/C44H70F4N4O.C4H8O/c1-13-17-18-19-23-43(11,27-31(8)16-4)28-53-40(20-14-2)50-37-26-35(42-41(44(46,47)48)32(9)24-39(49)51-42)36(45)25-34(37)33(10)52(12)38(29(5)6)22-21-30(7)15-3;1-3-4(2)5/h20,24-26,29-31,38H,13-19,21-23,27-28H2,1-12H3,(H2,49,51);3-5H,1H2,2H3/b34-33+,40-20-,50-37-;. The normalized spacial score (nSPS) is 18.3. The number of halogens is 4. The van der Waals surface area contributed by atoms with E-state index in [1.807, 2.05) is 27.0 Å². The van der Waals surface area contributed by atoms with E-state index in [1.165, 1.54) is 44.4 Å². The van der Waals surface area contributed by atoms with Gasteiger partial charge in [-0.05, 0) is 100 Å². The third kappa shape index (κ3) is 17.1. The summed E-state index contributed by atoms with van der Waals surface area (Å²) in [5.74, 6) is 0.819. The Labute approximate surface area is 349 Å². The highest BCUT2D eigenvalue weighted by Gasteiger charge is 2.39. The first kappa shape index (κ1) is 52.6. The highest BCUT2D eigenvalue weighted by atomic mass is 19.4. The number of aliphatic imine (C=N–C) groups is 1. The first-order chi connectivity index (χ1) is 27.1. The molecule has 0 aromatic carbocycles. The number of pyridine rings is 1. The number of hydrogen-bond donors (Lipinski definition) is 2. The number of allylic oxidation sites excluding steroid dienone is 7. The van der Waals surface area contributed by atoms with Crippen LogP contribution in [0.4, 0.5) is 23.4 Å². The summed E-state index contributed by atoms with van der Waals surface area (Å²) in [6.07, 6.45) is 12.4. The van der Waals surface area contributed by atoms with Crippen molar-refractivity contribution in [3.05, 3.63) is 76.8 Å². The number of aliphatic hydroxyl groups is 1. The zero-order valence-corrected chi connectivity index (χ0v) is 38.3. The molecule has 330 valence electrons. The Kier molecular flexibility index (Phi) is 22.9. The van der Waals surface area contributed by atoms with Crippen LogP contribution in [0.15, 0.2) is 64.9 Å². The number of ether oxygens (including phenoxy) is 1. The molecule has 3 N–H and O–H groups in total. The maximum Gasteiger partial charge on any atom is 0.418 e. The fourth-order valence-electron chi connectivity index (χ4n) is 7.32. The Morgan fingerprint density at radius 3 is 2.16 bits per heavy atom. The molecule has 0 saturated heterocycles. The third-order valence-electron chi connectivity index (χ3n) is 11.4. The van der Waals surface area contributed by atoms with Gasteiger partial charge in [0.15, 0.2) is 0 Å². The van der Waals surface area contributed by atoms with Gasteiger partial charge in [0, 0.05) is 35.3 Å². The first-order valence-electron chi connectivity index (χ1n) is 21.7. The molecule has 5 unspecified atom stereocenters. The van der Waals surface area contributed by atoms with Gasteiger partial charge < -0.3 is 20.5 Å². The second-order valence-corrected chi connectivity index (χ2v) is 17.2. The van der Waals surface area contributed by atoms with E-state index < -0.39 is 23.3 Å². The Morgan fingerprint density at radius 2 is 1.64 bits per heavy atom. The molecule has 1 aliphatic rings. The maximum absolute atomic E-state index is 16.4. The average Bonchev–Trinajstić information content (AvgIpc) is 3.14. The van der Waals surface area contributed by atoms with Gasteiger partial charge in [-0.3, -0.25) is 0 Å². The van der Waals surface area contributed by atoms with Crippen LogP contribution < -0.4 is 5.73 Å². The number of nitrogens with zero attached hydrogens (tertiary/aromatic N) is 3. The first-order valence-corrected chi connectivity index (χ1v) is 21.7. The van der Waals surface area contributed by atoms with Gasteiger partial charge in [0.1, 0.15) is 11.6 Å². The monoisotopic (exact) mass is 819 g/mol. The fraction of sp³-hybridized carbons (Fsp3) is 0.667. The number of alkyl halides is 3. The van der Waals surface area contributed by atoms with Crippen LogP contribution in [0.5, 0.6) is 0 Å². The lowest BCUT2D eigenvalue weighted by atomic mass is 9.77. The largest absolute Gasteiger partial charge is 0.477 e. The second-order valence-electron chi connectivity index (χ2n) is 17.2. The molecule has 2 rings (SSSR count). The minimum atomic E-state index is -4.78. The van der Waals surface area contributed by atoms with Crippen LogP contribution in [-0.4, -0.2) is 46.5 Å². The lowest BCUT2D eigenvalue weighted by Gasteiger charge is -2.36. The van der Waals surface area contributed by atoms with E-state index in [2.05, 4.69) is 71.9 Å². The number of aryl methyl sites for hydroxylation is 1. The summed E-state index contributed by atoms with van der Waals surface area (Å²) in [7, 11) is 2.01. The molecule has 1 aromatic rings. The van der Waals surface area contributed by atoms with Crippen LogP contribution in [0.2, 0.25) is 0 Å². The van der Waals surface area contributed by atoms with Crippen LogP contribution in [0, 0.1) is 30.1 Å². The molecule has 1 aromatic heterocycles. The van der Waals surface area contributed by atoms with Crippen molar-refractivity contribution in [3.63, 3.8) is 0 Å². The number of rotatable bonds is 22. The minimum absolute atomic E-state index is 0.0880. The summed E-state index contributed by atoms with van der Waals surface area (Å²) in [5, 5.41) is 8.24. The Balaban J connectivity index is 0.00000315. The van der Waals surface area contributed by atoms with E-state index in [0.717, 1.165) is 56.7 Å². The number of unbranched alkanes of at least 4 members (excludes halogenated alkanes) is 3.